The van der Waals surface area contributed by atoms with E-state index < -0.39 is 0 Å². The Balaban J connectivity index is 1.31. The second-order valence-electron chi connectivity index (χ2n) is 7.76. The quantitative estimate of drug-likeness (QED) is 0.540. The molecule has 1 saturated heterocycles. The van der Waals surface area contributed by atoms with Gasteiger partial charge in [-0.25, -0.2) is 0 Å². The fourth-order valence-corrected chi connectivity index (χ4v) is 4.14. The van der Waals surface area contributed by atoms with Crippen LogP contribution < -0.4 is 10.1 Å². The summed E-state index contributed by atoms with van der Waals surface area (Å²) in [5.74, 6) is 1.15. The predicted molar refractivity (Wildman–Crippen MR) is 121 cm³/mol. The lowest BCUT2D eigenvalue weighted by Crippen LogP contribution is -2.44. The van der Waals surface area contributed by atoms with Crippen molar-refractivity contribution in [2.24, 2.45) is 0 Å². The molecule has 156 valence electrons. The number of piperidine rings is 1. The highest BCUT2D eigenvalue weighted by Gasteiger charge is 2.21. The Morgan fingerprint density at radius 3 is 2.55 bits per heavy atom. The van der Waals surface area contributed by atoms with Crippen LogP contribution in [-0.4, -0.2) is 37.0 Å². The highest BCUT2D eigenvalue weighted by atomic mass is 79.9. The van der Waals surface area contributed by atoms with Crippen molar-refractivity contribution >= 4 is 21.8 Å². The largest absolute Gasteiger partial charge is 0.496 e. The first-order valence-corrected chi connectivity index (χ1v) is 11.3. The topological polar surface area (TPSA) is 41.6 Å². The van der Waals surface area contributed by atoms with Crippen LogP contribution >= 0.6 is 15.9 Å². The first kappa shape index (κ1) is 21.8. The highest BCUT2D eigenvalue weighted by Crippen LogP contribution is 2.21. The molecule has 0 unspecified atom stereocenters. The summed E-state index contributed by atoms with van der Waals surface area (Å²) in [5, 5.41) is 3.24. The van der Waals surface area contributed by atoms with E-state index in [-0.39, 0.29) is 5.91 Å². The summed E-state index contributed by atoms with van der Waals surface area (Å²) in [5.41, 5.74) is 2.55. The molecule has 1 aliphatic rings. The molecule has 0 aromatic heterocycles. The van der Waals surface area contributed by atoms with Crippen molar-refractivity contribution in [1.82, 2.24) is 10.2 Å². The second-order valence-corrected chi connectivity index (χ2v) is 8.68. The molecule has 2 aromatic carbocycles. The van der Waals surface area contributed by atoms with Crippen LogP contribution in [0.5, 0.6) is 5.75 Å². The number of hydrogen-bond acceptors (Lipinski definition) is 3. The molecule has 29 heavy (non-hydrogen) atoms. The number of nitrogens with zero attached hydrogens (tertiary/aromatic N) is 1. The van der Waals surface area contributed by atoms with Gasteiger partial charge in [-0.1, -0.05) is 46.3 Å². The summed E-state index contributed by atoms with van der Waals surface area (Å²) in [6.07, 6.45) is 5.67. The number of para-hydroxylation sites is 1. The summed E-state index contributed by atoms with van der Waals surface area (Å²) in [6, 6.07) is 16.9. The number of nitrogens with one attached hydrogen (secondary N) is 1. The summed E-state index contributed by atoms with van der Waals surface area (Å²) < 4.78 is 6.56. The maximum absolute atomic E-state index is 12.3. The van der Waals surface area contributed by atoms with Gasteiger partial charge in [0, 0.05) is 42.1 Å². The first-order valence-electron chi connectivity index (χ1n) is 10.5. The Labute approximate surface area is 182 Å². The average molecular weight is 459 g/mol. The summed E-state index contributed by atoms with van der Waals surface area (Å²) in [4.78, 5) is 14.7. The van der Waals surface area contributed by atoms with Gasteiger partial charge >= 0.3 is 0 Å². The maximum Gasteiger partial charge on any atom is 0.220 e. The van der Waals surface area contributed by atoms with Crippen molar-refractivity contribution in [2.45, 2.75) is 51.1 Å². The van der Waals surface area contributed by atoms with Gasteiger partial charge < -0.3 is 10.1 Å². The lowest BCUT2D eigenvalue weighted by Gasteiger charge is -2.32. The molecular formula is C24H31BrN2O2. The van der Waals surface area contributed by atoms with Crippen LogP contribution in [-0.2, 0) is 17.8 Å². The molecule has 0 saturated carbocycles. The molecule has 1 aliphatic heterocycles. The van der Waals surface area contributed by atoms with Crippen LogP contribution in [0.2, 0.25) is 0 Å². The van der Waals surface area contributed by atoms with E-state index in [2.05, 4.69) is 62.5 Å². The van der Waals surface area contributed by atoms with Crippen LogP contribution in [0.25, 0.3) is 0 Å². The van der Waals surface area contributed by atoms with Gasteiger partial charge in [0.05, 0.1) is 7.11 Å². The highest BCUT2D eigenvalue weighted by molar-refractivity contribution is 9.10. The molecule has 1 fully saturated rings. The van der Waals surface area contributed by atoms with E-state index in [0.29, 0.717) is 12.5 Å². The van der Waals surface area contributed by atoms with Gasteiger partial charge in [0.15, 0.2) is 0 Å². The lowest BCUT2D eigenvalue weighted by molar-refractivity contribution is -0.122. The second kappa shape index (κ2) is 11.4. The number of ether oxygens (including phenoxy) is 1. The minimum atomic E-state index is 0.198. The number of benzene rings is 2. The maximum atomic E-state index is 12.3. The third-order valence-corrected chi connectivity index (χ3v) is 6.10. The third kappa shape index (κ3) is 7.16. The zero-order chi connectivity index (χ0) is 20.5. The average Bonchev–Trinajstić information content (AvgIpc) is 2.74. The molecule has 4 nitrogen and oxygen atoms in total. The van der Waals surface area contributed by atoms with Crippen molar-refractivity contribution in [3.8, 4) is 5.75 Å². The van der Waals surface area contributed by atoms with Gasteiger partial charge in [-0.15, -0.1) is 0 Å². The summed E-state index contributed by atoms with van der Waals surface area (Å²) in [7, 11) is 1.72. The van der Waals surface area contributed by atoms with Crippen molar-refractivity contribution in [3.05, 3.63) is 64.1 Å². The molecule has 0 spiro atoms. The number of halogens is 1. The molecular weight excluding hydrogens is 428 g/mol. The first-order chi connectivity index (χ1) is 14.1. The number of rotatable bonds is 9. The van der Waals surface area contributed by atoms with Gasteiger partial charge in [0.1, 0.15) is 5.75 Å². The fourth-order valence-electron chi connectivity index (χ4n) is 3.88. The minimum Gasteiger partial charge on any atom is -0.496 e. The van der Waals surface area contributed by atoms with Gasteiger partial charge in [0.25, 0.3) is 0 Å². The molecule has 0 radical (unpaired) electrons. The standard InChI is InChI=1S/C24H31BrN2O2/c1-29-23-8-4-3-7-20(23)18-27-16-14-22(15-17-27)26-24(28)9-5-2-6-19-10-12-21(25)13-11-19/h3-4,7-8,10-13,22H,2,5-6,9,14-18H2,1H3,(H,26,28). The lowest BCUT2D eigenvalue weighted by atomic mass is 10.0. The monoisotopic (exact) mass is 458 g/mol. The fraction of sp³-hybridized carbons (Fsp3) is 0.458. The molecule has 1 amide bonds. The zero-order valence-corrected chi connectivity index (χ0v) is 18.8. The zero-order valence-electron chi connectivity index (χ0n) is 17.2. The van der Waals surface area contributed by atoms with Crippen LogP contribution in [0, 0.1) is 0 Å². The minimum absolute atomic E-state index is 0.198. The smallest absolute Gasteiger partial charge is 0.220 e. The normalized spacial score (nSPS) is 15.2. The van der Waals surface area contributed by atoms with E-state index in [0.717, 1.165) is 62.0 Å². The number of carbonyl (C=O) groups is 1. The Morgan fingerprint density at radius 1 is 1.10 bits per heavy atom. The number of hydrogen-bond donors (Lipinski definition) is 1. The molecule has 0 atom stereocenters. The van der Waals surface area contributed by atoms with E-state index in [1.807, 2.05) is 12.1 Å². The van der Waals surface area contributed by atoms with E-state index in [4.69, 9.17) is 4.74 Å². The van der Waals surface area contributed by atoms with Crippen molar-refractivity contribution in [3.63, 3.8) is 0 Å². The molecule has 5 heteroatoms. The van der Waals surface area contributed by atoms with Crippen molar-refractivity contribution in [2.75, 3.05) is 20.2 Å². The van der Waals surface area contributed by atoms with E-state index in [9.17, 15) is 4.79 Å². The number of likely N-dealkylation sites (tertiary alicyclic amines) is 1. The van der Waals surface area contributed by atoms with Gasteiger partial charge in [-0.3, -0.25) is 9.69 Å². The summed E-state index contributed by atoms with van der Waals surface area (Å²) >= 11 is 3.46. The number of methoxy groups -OCH3 is 1. The Morgan fingerprint density at radius 2 is 1.83 bits per heavy atom. The predicted octanol–water partition coefficient (Wildman–Crippen LogP) is 4.95. The van der Waals surface area contributed by atoms with Gasteiger partial charge in [-0.2, -0.15) is 0 Å². The summed E-state index contributed by atoms with van der Waals surface area (Å²) in [6.45, 7) is 2.92. The third-order valence-electron chi connectivity index (χ3n) is 5.57. The van der Waals surface area contributed by atoms with Crippen LogP contribution in [0.1, 0.15) is 43.2 Å². The van der Waals surface area contributed by atoms with Crippen molar-refractivity contribution < 1.29 is 9.53 Å². The number of aryl methyl sites for hydroxylation is 1. The van der Waals surface area contributed by atoms with Crippen LogP contribution in [0.4, 0.5) is 0 Å². The SMILES string of the molecule is COc1ccccc1CN1CCC(NC(=O)CCCCc2ccc(Br)cc2)CC1. The van der Waals surface area contributed by atoms with E-state index >= 15 is 0 Å². The molecule has 0 bridgehead atoms. The molecule has 1 N–H and O–H groups in total. The molecule has 0 aliphatic carbocycles. The van der Waals surface area contributed by atoms with E-state index in [1.54, 1.807) is 7.11 Å². The van der Waals surface area contributed by atoms with E-state index in [1.165, 1.54) is 11.1 Å². The van der Waals surface area contributed by atoms with Gasteiger partial charge in [-0.05, 0) is 55.9 Å². The van der Waals surface area contributed by atoms with Crippen LogP contribution in [0.3, 0.4) is 0 Å². The number of unbranched alkanes of at least 4 members (excludes halogenated alkanes) is 1. The molecule has 2 aromatic rings. The van der Waals surface area contributed by atoms with Crippen molar-refractivity contribution in [1.29, 1.82) is 0 Å². The molecule has 3 rings (SSSR count). The Kier molecular flexibility index (Phi) is 8.56. The van der Waals surface area contributed by atoms with Crippen LogP contribution in [0.15, 0.2) is 53.0 Å². The molecule has 1 heterocycles. The number of carbonyl (C=O) groups excluding carboxylic acids is 1. The van der Waals surface area contributed by atoms with Gasteiger partial charge in [0.2, 0.25) is 5.91 Å². The Hall–Kier alpha value is -1.85. The Bertz CT molecular complexity index is 771. The number of amides is 1.